The molecule has 0 aliphatic carbocycles. The van der Waals surface area contributed by atoms with Crippen molar-refractivity contribution in [3.63, 3.8) is 0 Å². The third kappa shape index (κ3) is 7.03. The Labute approximate surface area is 304 Å². The predicted molar refractivity (Wildman–Crippen MR) is 189 cm³/mol. The second-order valence-electron chi connectivity index (χ2n) is 13.8. The highest BCUT2D eigenvalue weighted by molar-refractivity contribution is 7.13. The topological polar surface area (TPSA) is 140 Å². The molecule has 4 aliphatic rings. The number of hydrogen-bond donors (Lipinski definition) is 1. The number of ether oxygens (including phenoxy) is 4. The molecule has 1 N–H and O–H groups in total. The molecule has 13 nitrogen and oxygen atoms in total. The zero-order valence-corrected chi connectivity index (χ0v) is 30.3. The number of alkyl halides is 2. The molecule has 52 heavy (non-hydrogen) atoms. The average Bonchev–Trinajstić information content (AvgIpc) is 3.88. The van der Waals surface area contributed by atoms with Crippen LogP contribution in [-0.2, 0) is 25.4 Å². The maximum absolute atomic E-state index is 14.1. The summed E-state index contributed by atoms with van der Waals surface area (Å²) >= 11 is 1.39. The summed E-state index contributed by atoms with van der Waals surface area (Å²) in [4.78, 5) is 44.2. The molecule has 3 fully saturated rings. The highest BCUT2D eigenvalue weighted by Crippen LogP contribution is 2.41. The molecule has 7 rings (SSSR count). The van der Waals surface area contributed by atoms with Gasteiger partial charge in [-0.2, -0.15) is 0 Å². The van der Waals surface area contributed by atoms with E-state index in [1.807, 2.05) is 30.5 Å². The number of carboxylic acids is 1. The number of amides is 1. The van der Waals surface area contributed by atoms with Crippen LogP contribution in [0.2, 0.25) is 0 Å². The molecule has 0 bridgehead atoms. The number of carbonyl (C=O) groups is 2. The smallest absolute Gasteiger partial charge is 0.410 e. The third-order valence-corrected chi connectivity index (χ3v) is 11.0. The Kier molecular flexibility index (Phi) is 10.1. The maximum Gasteiger partial charge on any atom is 0.410 e. The predicted octanol–water partition coefficient (Wildman–Crippen LogP) is 5.45. The molecule has 278 valence electrons. The number of carbonyl (C=O) groups excluding carboxylic acids is 1. The summed E-state index contributed by atoms with van der Waals surface area (Å²) in [5.41, 5.74) is 3.29. The number of nitrogens with zero attached hydrogens (tertiary/aromatic N) is 6. The number of pyridine rings is 1. The summed E-state index contributed by atoms with van der Waals surface area (Å²) in [6.07, 6.45) is 0.266. The second-order valence-corrected chi connectivity index (χ2v) is 14.7. The van der Waals surface area contributed by atoms with Crippen LogP contribution in [-0.4, -0.2) is 113 Å². The maximum atomic E-state index is 14.1. The molecule has 0 saturated carbocycles. The third-order valence-electron chi connectivity index (χ3n) is 10.0. The molecule has 0 aromatic carbocycles. The van der Waals surface area contributed by atoms with Crippen LogP contribution in [0.4, 0.5) is 25.1 Å². The van der Waals surface area contributed by atoms with E-state index in [2.05, 4.69) is 21.8 Å². The van der Waals surface area contributed by atoms with Crippen molar-refractivity contribution in [3.8, 4) is 16.5 Å². The fraction of sp³-hybridized carbons (Fsp3) is 0.528. The molecule has 4 aliphatic heterocycles. The summed E-state index contributed by atoms with van der Waals surface area (Å²) in [5.74, 6) is -1.39. The summed E-state index contributed by atoms with van der Waals surface area (Å²) in [6.45, 7) is 10.4. The Morgan fingerprint density at radius 1 is 1.17 bits per heavy atom. The molecule has 0 unspecified atom stereocenters. The van der Waals surface area contributed by atoms with Crippen LogP contribution in [0.15, 0.2) is 35.9 Å². The van der Waals surface area contributed by atoms with Crippen LogP contribution >= 0.6 is 11.3 Å². The van der Waals surface area contributed by atoms with Gasteiger partial charge in [-0.15, -0.1) is 11.3 Å². The van der Waals surface area contributed by atoms with Crippen LogP contribution in [0.1, 0.15) is 57.5 Å². The molecule has 1 amide bonds. The van der Waals surface area contributed by atoms with Gasteiger partial charge in [0.05, 0.1) is 49.1 Å². The van der Waals surface area contributed by atoms with Gasteiger partial charge in [0, 0.05) is 38.3 Å². The minimum Gasteiger partial charge on any atom is -0.480 e. The highest BCUT2D eigenvalue weighted by atomic mass is 32.1. The number of anilines is 2. The Morgan fingerprint density at radius 3 is 2.65 bits per heavy atom. The van der Waals surface area contributed by atoms with Crippen molar-refractivity contribution in [2.45, 2.75) is 76.9 Å². The lowest BCUT2D eigenvalue weighted by molar-refractivity contribution is -0.228. The summed E-state index contributed by atoms with van der Waals surface area (Å²) in [7, 11) is 0. The number of carboxylic acid groups (broad SMARTS) is 1. The van der Waals surface area contributed by atoms with Crippen molar-refractivity contribution in [3.05, 3.63) is 52.8 Å². The van der Waals surface area contributed by atoms with E-state index >= 15 is 0 Å². The Hall–Kier alpha value is -4.41. The Balaban J connectivity index is 1.19. The largest absolute Gasteiger partial charge is 0.480 e. The lowest BCUT2D eigenvalue weighted by Crippen LogP contribution is -2.68. The zero-order valence-electron chi connectivity index (χ0n) is 29.5. The van der Waals surface area contributed by atoms with Gasteiger partial charge in [-0.3, -0.25) is 0 Å². The van der Waals surface area contributed by atoms with Gasteiger partial charge in [-0.25, -0.2) is 33.3 Å². The second kappa shape index (κ2) is 14.5. The number of aryl methyl sites for hydroxylation is 1. The summed E-state index contributed by atoms with van der Waals surface area (Å²) in [5, 5.41) is 12.2. The van der Waals surface area contributed by atoms with E-state index in [1.54, 1.807) is 31.0 Å². The molecule has 1 spiro atoms. The molecule has 3 saturated heterocycles. The van der Waals surface area contributed by atoms with Gasteiger partial charge < -0.3 is 38.8 Å². The average molecular weight is 741 g/mol. The van der Waals surface area contributed by atoms with E-state index in [0.717, 1.165) is 23.1 Å². The number of morpholine rings is 1. The first-order valence-electron chi connectivity index (χ1n) is 17.5. The number of hydrogen-bond acceptors (Lipinski definition) is 12. The summed E-state index contributed by atoms with van der Waals surface area (Å²) in [6, 6.07) is 4.26. The van der Waals surface area contributed by atoms with Gasteiger partial charge >= 0.3 is 12.1 Å². The summed E-state index contributed by atoms with van der Waals surface area (Å²) < 4.78 is 51.9. The number of aliphatic carboxylic acids is 1. The SMILES string of the molecule is CCc1csc(-c2cc(N3C[C@@H](Oc4ncc(C5=CCN(C(=O)OC(C)C)C5)cc4N4CCOC5(COC5)[C@@H]4C)C[C@H]3C(=O)O)nc(C(F)F)n2)c1. The monoisotopic (exact) mass is 740 g/mol. The van der Waals surface area contributed by atoms with E-state index in [1.165, 1.54) is 16.2 Å². The van der Waals surface area contributed by atoms with E-state index in [4.69, 9.17) is 23.9 Å². The van der Waals surface area contributed by atoms with E-state index in [0.29, 0.717) is 61.6 Å². The van der Waals surface area contributed by atoms with Crippen molar-refractivity contribution in [2.75, 3.05) is 55.8 Å². The van der Waals surface area contributed by atoms with Crippen LogP contribution < -0.4 is 14.5 Å². The fourth-order valence-electron chi connectivity index (χ4n) is 7.04. The molecule has 7 heterocycles. The van der Waals surface area contributed by atoms with Crippen LogP contribution in [0, 0.1) is 0 Å². The Morgan fingerprint density at radius 2 is 1.98 bits per heavy atom. The molecular formula is C36H42F2N6O7S. The minimum absolute atomic E-state index is 0.0645. The van der Waals surface area contributed by atoms with Crippen molar-refractivity contribution in [1.82, 2.24) is 19.9 Å². The molecule has 3 aromatic heterocycles. The number of aromatic nitrogens is 3. The molecule has 16 heteroatoms. The molecular weight excluding hydrogens is 698 g/mol. The van der Waals surface area contributed by atoms with Gasteiger partial charge in [-0.1, -0.05) is 13.0 Å². The lowest BCUT2D eigenvalue weighted by atomic mass is 9.90. The van der Waals surface area contributed by atoms with E-state index in [-0.39, 0.29) is 37.0 Å². The van der Waals surface area contributed by atoms with E-state index in [9.17, 15) is 23.5 Å². The van der Waals surface area contributed by atoms with Crippen molar-refractivity contribution in [1.29, 1.82) is 0 Å². The van der Waals surface area contributed by atoms with E-state index < -0.39 is 36.0 Å². The van der Waals surface area contributed by atoms with Gasteiger partial charge in [0.25, 0.3) is 6.43 Å². The van der Waals surface area contributed by atoms with Gasteiger partial charge in [0.15, 0.2) is 5.82 Å². The number of rotatable bonds is 10. The highest BCUT2D eigenvalue weighted by Gasteiger charge is 2.50. The van der Waals surface area contributed by atoms with Gasteiger partial charge in [0.2, 0.25) is 5.88 Å². The zero-order chi connectivity index (χ0) is 36.7. The number of thiophene rings is 1. The quantitative estimate of drug-likeness (QED) is 0.283. The minimum atomic E-state index is -2.95. The van der Waals surface area contributed by atoms with Crippen LogP contribution in [0.3, 0.4) is 0 Å². The first-order valence-corrected chi connectivity index (χ1v) is 18.4. The van der Waals surface area contributed by atoms with Crippen LogP contribution in [0.5, 0.6) is 5.88 Å². The van der Waals surface area contributed by atoms with Gasteiger partial charge in [0.1, 0.15) is 29.3 Å². The molecule has 3 aromatic rings. The van der Waals surface area contributed by atoms with Crippen molar-refractivity contribution in [2.24, 2.45) is 0 Å². The lowest BCUT2D eigenvalue weighted by Gasteiger charge is -2.53. The standard InChI is InChI=1S/C36H42F2N6O7S/c1-5-22-10-29(52-17-22)26-13-30(41-32(40-26)31(37)38)44-16-25(12-28(44)34(45)46)51-33-27(43-8-9-49-36(21(43)4)18-48-19-36)11-24(14-39-33)23-6-7-42(15-23)35(47)50-20(2)3/h6,10-11,13-14,17,20-21,25,28,31H,5,7-9,12,15-16,18-19H2,1-4H3,(H,45,46)/t21-,25-,28-/m0/s1. The first kappa shape index (κ1) is 36.0. The normalized spacial score (nSPS) is 22.7. The van der Waals surface area contributed by atoms with Crippen molar-refractivity contribution < 1.29 is 42.4 Å². The fourth-order valence-corrected chi connectivity index (χ4v) is 8.00. The molecule has 0 radical (unpaired) electrons. The van der Waals surface area contributed by atoms with Crippen molar-refractivity contribution >= 4 is 40.5 Å². The Bertz CT molecular complexity index is 1850. The van der Waals surface area contributed by atoms with Crippen LogP contribution in [0.25, 0.3) is 16.1 Å². The number of halogens is 2. The molecule has 3 atom stereocenters. The van der Waals surface area contributed by atoms with Gasteiger partial charge in [-0.05, 0) is 61.4 Å². The first-order chi connectivity index (χ1) is 24.9.